The standard InChI is InChI=1S/C26H34N6O2/c1-5-19-7-6-8-20(13-19)29-26-21-14-23(24(34-4)15-22(21)27-17-28-26)30-25(33)16-31-9-11-32(12-10-31)18(2)3/h6-8,13-15,17-18H,5,9-12,16H2,1-4H3,(H,30,33)(H,27,28,29). The van der Waals surface area contributed by atoms with E-state index in [0.717, 1.165) is 49.2 Å². The first-order chi connectivity index (χ1) is 16.5. The van der Waals surface area contributed by atoms with Gasteiger partial charge in [0.1, 0.15) is 17.9 Å². The number of hydrogen-bond donors (Lipinski definition) is 2. The van der Waals surface area contributed by atoms with Crippen molar-refractivity contribution >= 4 is 34.0 Å². The normalized spacial score (nSPS) is 15.0. The van der Waals surface area contributed by atoms with Gasteiger partial charge in [0.2, 0.25) is 5.91 Å². The van der Waals surface area contributed by atoms with Crippen LogP contribution >= 0.6 is 0 Å². The third-order valence-electron chi connectivity index (χ3n) is 6.33. The molecule has 0 spiro atoms. The van der Waals surface area contributed by atoms with Crippen molar-refractivity contribution in [1.82, 2.24) is 19.8 Å². The van der Waals surface area contributed by atoms with Crippen molar-refractivity contribution in [2.24, 2.45) is 0 Å². The molecule has 0 bridgehead atoms. The van der Waals surface area contributed by atoms with Gasteiger partial charge in [-0.3, -0.25) is 14.6 Å². The van der Waals surface area contributed by atoms with Crippen LogP contribution in [0.4, 0.5) is 17.2 Å². The molecule has 2 N–H and O–H groups in total. The number of anilines is 3. The molecule has 1 aromatic heterocycles. The van der Waals surface area contributed by atoms with Gasteiger partial charge >= 0.3 is 0 Å². The van der Waals surface area contributed by atoms with Crippen molar-refractivity contribution in [3.8, 4) is 5.75 Å². The van der Waals surface area contributed by atoms with E-state index in [0.29, 0.717) is 29.8 Å². The zero-order valence-corrected chi connectivity index (χ0v) is 20.5. The number of hydrogen-bond acceptors (Lipinski definition) is 7. The van der Waals surface area contributed by atoms with Gasteiger partial charge in [0, 0.05) is 49.4 Å². The highest BCUT2D eigenvalue weighted by atomic mass is 16.5. The summed E-state index contributed by atoms with van der Waals surface area (Å²) in [6, 6.07) is 12.5. The number of carbonyl (C=O) groups excluding carboxylic acids is 1. The van der Waals surface area contributed by atoms with E-state index in [-0.39, 0.29) is 5.91 Å². The van der Waals surface area contributed by atoms with Crippen LogP contribution in [0.5, 0.6) is 5.75 Å². The van der Waals surface area contributed by atoms with Crippen molar-refractivity contribution in [1.29, 1.82) is 0 Å². The lowest BCUT2D eigenvalue weighted by Crippen LogP contribution is -2.50. The zero-order chi connectivity index (χ0) is 24.1. The largest absolute Gasteiger partial charge is 0.494 e. The van der Waals surface area contributed by atoms with E-state index in [1.54, 1.807) is 7.11 Å². The number of benzene rings is 2. The monoisotopic (exact) mass is 462 g/mol. The maximum absolute atomic E-state index is 12.9. The van der Waals surface area contributed by atoms with Crippen molar-refractivity contribution in [3.05, 3.63) is 48.3 Å². The van der Waals surface area contributed by atoms with Crippen LogP contribution < -0.4 is 15.4 Å². The Bertz CT molecular complexity index is 1140. The number of methoxy groups -OCH3 is 1. The predicted octanol–water partition coefficient (Wildman–Crippen LogP) is 3.91. The van der Waals surface area contributed by atoms with Gasteiger partial charge in [-0.1, -0.05) is 19.1 Å². The molecule has 3 aromatic rings. The molecular weight excluding hydrogens is 428 g/mol. The van der Waals surface area contributed by atoms with E-state index in [2.05, 4.69) is 63.3 Å². The summed E-state index contributed by atoms with van der Waals surface area (Å²) < 4.78 is 5.56. The second-order valence-electron chi connectivity index (χ2n) is 8.92. The maximum Gasteiger partial charge on any atom is 0.238 e. The first-order valence-electron chi connectivity index (χ1n) is 11.9. The molecule has 0 atom stereocenters. The molecule has 0 radical (unpaired) electrons. The number of nitrogens with one attached hydrogen (secondary N) is 2. The molecule has 0 saturated carbocycles. The van der Waals surface area contributed by atoms with Gasteiger partial charge in [0.25, 0.3) is 0 Å². The van der Waals surface area contributed by atoms with E-state index in [9.17, 15) is 4.79 Å². The summed E-state index contributed by atoms with van der Waals surface area (Å²) in [6.07, 6.45) is 2.49. The Kier molecular flexibility index (Phi) is 7.59. The molecule has 2 aromatic carbocycles. The second kappa shape index (κ2) is 10.8. The summed E-state index contributed by atoms with van der Waals surface area (Å²) in [5.74, 6) is 1.20. The molecule has 1 amide bonds. The van der Waals surface area contributed by atoms with Gasteiger partial charge in [-0.2, -0.15) is 0 Å². The van der Waals surface area contributed by atoms with Crippen LogP contribution in [0.25, 0.3) is 10.9 Å². The minimum Gasteiger partial charge on any atom is -0.494 e. The van der Waals surface area contributed by atoms with Crippen molar-refractivity contribution in [2.45, 2.75) is 33.2 Å². The average Bonchev–Trinajstić information content (AvgIpc) is 2.84. The van der Waals surface area contributed by atoms with Crippen LogP contribution in [0.3, 0.4) is 0 Å². The molecule has 8 heteroatoms. The molecule has 1 aliphatic rings. The average molecular weight is 463 g/mol. The molecule has 2 heterocycles. The van der Waals surface area contributed by atoms with Gasteiger partial charge in [0.15, 0.2) is 0 Å². The SMILES string of the molecule is CCc1cccc(Nc2ncnc3cc(OC)c(NC(=O)CN4CCN(C(C)C)CC4)cc23)c1. The predicted molar refractivity (Wildman–Crippen MR) is 137 cm³/mol. The van der Waals surface area contributed by atoms with Crippen LogP contribution in [0, 0.1) is 0 Å². The lowest BCUT2D eigenvalue weighted by Gasteiger charge is -2.36. The van der Waals surface area contributed by atoms with Gasteiger partial charge < -0.3 is 15.4 Å². The highest BCUT2D eigenvalue weighted by molar-refractivity contribution is 6.00. The first kappa shape index (κ1) is 23.9. The summed E-state index contributed by atoms with van der Waals surface area (Å²) in [5.41, 5.74) is 3.55. The Morgan fingerprint density at radius 3 is 2.62 bits per heavy atom. The number of fused-ring (bicyclic) bond motifs is 1. The molecule has 4 rings (SSSR count). The Labute approximate surface area is 201 Å². The molecule has 1 fully saturated rings. The van der Waals surface area contributed by atoms with Crippen LogP contribution in [0.15, 0.2) is 42.7 Å². The summed E-state index contributed by atoms with van der Waals surface area (Å²) in [7, 11) is 1.60. The molecule has 1 saturated heterocycles. The van der Waals surface area contributed by atoms with Gasteiger partial charge in [-0.15, -0.1) is 0 Å². The molecule has 1 aliphatic heterocycles. The Morgan fingerprint density at radius 2 is 1.91 bits per heavy atom. The Morgan fingerprint density at radius 1 is 1.12 bits per heavy atom. The number of aromatic nitrogens is 2. The van der Waals surface area contributed by atoms with E-state index in [4.69, 9.17) is 4.74 Å². The Balaban J connectivity index is 1.52. The molecule has 180 valence electrons. The van der Waals surface area contributed by atoms with Crippen LogP contribution in [-0.2, 0) is 11.2 Å². The minimum atomic E-state index is -0.0577. The first-order valence-corrected chi connectivity index (χ1v) is 11.9. The summed E-state index contributed by atoms with van der Waals surface area (Å²) in [5, 5.41) is 7.25. The van der Waals surface area contributed by atoms with Crippen molar-refractivity contribution in [3.63, 3.8) is 0 Å². The third kappa shape index (κ3) is 5.63. The molecule has 8 nitrogen and oxygen atoms in total. The smallest absolute Gasteiger partial charge is 0.238 e. The fraction of sp³-hybridized carbons (Fsp3) is 0.423. The Hall–Kier alpha value is -3.23. The molecule has 0 unspecified atom stereocenters. The van der Waals surface area contributed by atoms with Gasteiger partial charge in [-0.05, 0) is 44.0 Å². The second-order valence-corrected chi connectivity index (χ2v) is 8.92. The number of aryl methyl sites for hydroxylation is 1. The quantitative estimate of drug-likeness (QED) is 0.525. The highest BCUT2D eigenvalue weighted by Crippen LogP contribution is 2.33. The van der Waals surface area contributed by atoms with E-state index in [1.165, 1.54) is 11.9 Å². The molecule has 0 aliphatic carbocycles. The third-order valence-corrected chi connectivity index (χ3v) is 6.33. The van der Waals surface area contributed by atoms with E-state index >= 15 is 0 Å². The lowest BCUT2D eigenvalue weighted by molar-refractivity contribution is -0.117. The maximum atomic E-state index is 12.9. The van der Waals surface area contributed by atoms with Gasteiger partial charge in [0.05, 0.1) is 24.9 Å². The number of nitrogens with zero attached hydrogens (tertiary/aromatic N) is 4. The van der Waals surface area contributed by atoms with Crippen LogP contribution in [0.1, 0.15) is 26.3 Å². The highest BCUT2D eigenvalue weighted by Gasteiger charge is 2.21. The fourth-order valence-electron chi connectivity index (χ4n) is 4.29. The lowest BCUT2D eigenvalue weighted by atomic mass is 10.1. The summed E-state index contributed by atoms with van der Waals surface area (Å²) in [6.45, 7) is 10.6. The number of carbonyl (C=O) groups is 1. The molecular formula is C26H34N6O2. The number of amides is 1. The van der Waals surface area contributed by atoms with Crippen LogP contribution in [-0.4, -0.2) is 71.6 Å². The van der Waals surface area contributed by atoms with E-state index in [1.807, 2.05) is 24.3 Å². The topological polar surface area (TPSA) is 82.6 Å². The van der Waals surface area contributed by atoms with E-state index < -0.39 is 0 Å². The van der Waals surface area contributed by atoms with Gasteiger partial charge in [-0.25, -0.2) is 9.97 Å². The summed E-state index contributed by atoms with van der Waals surface area (Å²) in [4.78, 5) is 26.4. The van der Waals surface area contributed by atoms with Crippen molar-refractivity contribution in [2.75, 3.05) is 50.5 Å². The minimum absolute atomic E-state index is 0.0577. The zero-order valence-electron chi connectivity index (χ0n) is 20.5. The number of rotatable bonds is 8. The molecule has 34 heavy (non-hydrogen) atoms. The number of piperazine rings is 1. The van der Waals surface area contributed by atoms with Crippen molar-refractivity contribution < 1.29 is 9.53 Å². The summed E-state index contributed by atoms with van der Waals surface area (Å²) >= 11 is 0. The fourth-order valence-corrected chi connectivity index (χ4v) is 4.29. The van der Waals surface area contributed by atoms with Crippen LogP contribution in [0.2, 0.25) is 0 Å². The number of ether oxygens (including phenoxy) is 1.